The van der Waals surface area contributed by atoms with Crippen molar-refractivity contribution >= 4 is 48.5 Å². The molecule has 0 aliphatic heterocycles. The van der Waals surface area contributed by atoms with Crippen LogP contribution in [-0.2, 0) is 6.54 Å². The van der Waals surface area contributed by atoms with Crippen molar-refractivity contribution in [3.63, 3.8) is 0 Å². The maximum atomic E-state index is 4.37. The Kier molecular flexibility index (Phi) is 3.52. The second-order valence-corrected chi connectivity index (χ2v) is 5.88. The van der Waals surface area contributed by atoms with Gasteiger partial charge in [0.1, 0.15) is 0 Å². The summed E-state index contributed by atoms with van der Waals surface area (Å²) >= 11 is 6.90. The minimum Gasteiger partial charge on any atom is -0.379 e. The summed E-state index contributed by atoms with van der Waals surface area (Å²) in [6, 6.07) is 8.09. The van der Waals surface area contributed by atoms with Crippen LogP contribution in [0.3, 0.4) is 0 Å². The Balaban J connectivity index is 1.77. The van der Waals surface area contributed by atoms with Crippen molar-refractivity contribution in [2.75, 3.05) is 5.32 Å². The van der Waals surface area contributed by atoms with Crippen molar-refractivity contribution in [1.29, 1.82) is 0 Å². The van der Waals surface area contributed by atoms with Gasteiger partial charge in [-0.15, -0.1) is 0 Å². The number of pyridine rings is 1. The molecule has 4 nitrogen and oxygen atoms in total. The van der Waals surface area contributed by atoms with E-state index < -0.39 is 0 Å². The first-order valence-corrected chi connectivity index (χ1v) is 7.28. The van der Waals surface area contributed by atoms with E-state index in [1.807, 2.05) is 30.5 Å². The molecule has 2 N–H and O–H groups in total. The molecule has 0 bridgehead atoms. The van der Waals surface area contributed by atoms with E-state index in [0.29, 0.717) is 6.54 Å². The van der Waals surface area contributed by atoms with E-state index in [1.165, 1.54) is 0 Å². The van der Waals surface area contributed by atoms with Crippen LogP contribution in [0.1, 0.15) is 5.69 Å². The summed E-state index contributed by atoms with van der Waals surface area (Å²) in [5.41, 5.74) is 3.02. The third kappa shape index (κ3) is 2.79. The number of benzene rings is 1. The minimum atomic E-state index is 0.660. The van der Waals surface area contributed by atoms with Crippen LogP contribution in [0.5, 0.6) is 0 Å². The Morgan fingerprint density at radius 3 is 2.89 bits per heavy atom. The normalized spacial score (nSPS) is 10.8. The van der Waals surface area contributed by atoms with E-state index in [-0.39, 0.29) is 0 Å². The lowest BCUT2D eigenvalue weighted by atomic mass is 10.2. The molecule has 0 saturated carbocycles. The van der Waals surface area contributed by atoms with Crippen LogP contribution in [0.15, 0.2) is 45.6 Å². The lowest BCUT2D eigenvalue weighted by molar-refractivity contribution is 1.03. The van der Waals surface area contributed by atoms with Crippen LogP contribution >= 0.6 is 31.9 Å². The van der Waals surface area contributed by atoms with Crippen LogP contribution in [0, 0.1) is 0 Å². The van der Waals surface area contributed by atoms with Gasteiger partial charge in [-0.2, -0.15) is 5.10 Å². The number of anilines is 1. The summed E-state index contributed by atoms with van der Waals surface area (Å²) in [5, 5.41) is 11.4. The maximum absolute atomic E-state index is 4.37. The highest BCUT2D eigenvalue weighted by molar-refractivity contribution is 9.11. The number of fused-ring (bicyclic) bond motifs is 1. The lowest BCUT2D eigenvalue weighted by Crippen LogP contribution is -2.02. The van der Waals surface area contributed by atoms with E-state index in [4.69, 9.17) is 0 Å². The molecule has 6 heteroatoms. The second-order valence-electron chi connectivity index (χ2n) is 4.11. The molecule has 0 atom stereocenters. The number of nitrogens with one attached hydrogen (secondary N) is 2. The van der Waals surface area contributed by atoms with Gasteiger partial charge in [0, 0.05) is 26.2 Å². The molecule has 0 radical (unpaired) electrons. The van der Waals surface area contributed by atoms with Gasteiger partial charge in [0.05, 0.1) is 24.0 Å². The van der Waals surface area contributed by atoms with Crippen LogP contribution in [0.25, 0.3) is 10.9 Å². The number of hydrogen-bond donors (Lipinski definition) is 2. The Morgan fingerprint density at radius 1 is 1.16 bits per heavy atom. The predicted molar refractivity (Wildman–Crippen MR) is 83.1 cm³/mol. The molecule has 2 heterocycles. The van der Waals surface area contributed by atoms with Gasteiger partial charge in [0.25, 0.3) is 0 Å². The largest absolute Gasteiger partial charge is 0.379 e. The molecular weight excluding hydrogens is 372 g/mol. The first-order valence-electron chi connectivity index (χ1n) is 5.69. The molecule has 0 unspecified atom stereocenters. The maximum Gasteiger partial charge on any atom is 0.0737 e. The molecule has 0 spiro atoms. The number of nitrogens with zero attached hydrogens (tertiary/aromatic N) is 2. The van der Waals surface area contributed by atoms with Crippen molar-refractivity contribution in [3.05, 3.63) is 51.3 Å². The molecule has 0 fully saturated rings. The zero-order valence-electron chi connectivity index (χ0n) is 9.82. The summed E-state index contributed by atoms with van der Waals surface area (Å²) in [6.07, 6.45) is 3.60. The average molecular weight is 382 g/mol. The van der Waals surface area contributed by atoms with Gasteiger partial charge in [-0.1, -0.05) is 0 Å². The van der Waals surface area contributed by atoms with Gasteiger partial charge >= 0.3 is 0 Å². The third-order valence-electron chi connectivity index (χ3n) is 2.79. The highest BCUT2D eigenvalue weighted by atomic mass is 79.9. The fourth-order valence-electron chi connectivity index (χ4n) is 1.81. The number of halogens is 2. The highest BCUT2D eigenvalue weighted by Gasteiger charge is 2.03. The van der Waals surface area contributed by atoms with Crippen molar-refractivity contribution < 1.29 is 0 Å². The van der Waals surface area contributed by atoms with E-state index >= 15 is 0 Å². The van der Waals surface area contributed by atoms with Gasteiger partial charge in [0.2, 0.25) is 0 Å². The Labute approximate surface area is 126 Å². The molecule has 0 saturated heterocycles. The topological polar surface area (TPSA) is 53.6 Å². The monoisotopic (exact) mass is 380 g/mol. The van der Waals surface area contributed by atoms with Crippen LogP contribution in [0.2, 0.25) is 0 Å². The number of hydrogen-bond acceptors (Lipinski definition) is 3. The zero-order valence-corrected chi connectivity index (χ0v) is 13.0. The molecule has 1 aromatic carbocycles. The van der Waals surface area contributed by atoms with E-state index in [9.17, 15) is 0 Å². The predicted octanol–water partition coefficient (Wildman–Crippen LogP) is 4.10. The quantitative estimate of drug-likeness (QED) is 0.718. The molecule has 3 aromatic rings. The van der Waals surface area contributed by atoms with Gasteiger partial charge in [-0.3, -0.25) is 10.1 Å². The van der Waals surface area contributed by atoms with Gasteiger partial charge in [0.15, 0.2) is 0 Å². The third-order valence-corrected chi connectivity index (χ3v) is 3.91. The van der Waals surface area contributed by atoms with Crippen molar-refractivity contribution in [2.45, 2.75) is 6.54 Å². The van der Waals surface area contributed by atoms with Crippen LogP contribution in [0.4, 0.5) is 5.69 Å². The highest BCUT2D eigenvalue weighted by Crippen LogP contribution is 2.21. The first-order chi connectivity index (χ1) is 9.22. The summed E-state index contributed by atoms with van der Waals surface area (Å²) in [7, 11) is 0. The van der Waals surface area contributed by atoms with Gasteiger partial charge in [-0.05, 0) is 56.1 Å². The first kappa shape index (κ1) is 12.6. The van der Waals surface area contributed by atoms with Crippen molar-refractivity contribution in [2.24, 2.45) is 0 Å². The molecule has 2 aromatic heterocycles. The van der Waals surface area contributed by atoms with E-state index in [2.05, 4.69) is 52.4 Å². The molecule has 0 aliphatic rings. The van der Waals surface area contributed by atoms with Crippen molar-refractivity contribution in [3.8, 4) is 0 Å². The SMILES string of the molecule is Brc1cnc(CNc2ccc3cn[nH]c3c2)c(Br)c1. The molecule has 0 amide bonds. The minimum absolute atomic E-state index is 0.660. The zero-order chi connectivity index (χ0) is 13.2. The molecule has 96 valence electrons. The molecule has 0 aliphatic carbocycles. The number of rotatable bonds is 3. The van der Waals surface area contributed by atoms with Gasteiger partial charge in [-0.25, -0.2) is 0 Å². The number of aromatic nitrogens is 3. The molecule has 19 heavy (non-hydrogen) atoms. The average Bonchev–Trinajstić information content (AvgIpc) is 2.85. The summed E-state index contributed by atoms with van der Waals surface area (Å²) in [4.78, 5) is 4.37. The standard InChI is InChI=1S/C13H10Br2N4/c14-9-3-11(15)13(17-6-9)7-16-10-2-1-8-5-18-19-12(8)4-10/h1-6,16H,7H2,(H,18,19). The molecule has 3 rings (SSSR count). The van der Waals surface area contributed by atoms with Crippen LogP contribution in [-0.4, -0.2) is 15.2 Å². The summed E-state index contributed by atoms with van der Waals surface area (Å²) in [5.74, 6) is 0. The number of aromatic amines is 1. The smallest absolute Gasteiger partial charge is 0.0737 e. The lowest BCUT2D eigenvalue weighted by Gasteiger charge is -2.07. The summed E-state index contributed by atoms with van der Waals surface area (Å²) < 4.78 is 1.94. The van der Waals surface area contributed by atoms with Crippen LogP contribution < -0.4 is 5.32 Å². The Hall–Kier alpha value is -1.40. The number of H-pyrrole nitrogens is 1. The van der Waals surface area contributed by atoms with Gasteiger partial charge < -0.3 is 5.32 Å². The summed E-state index contributed by atoms with van der Waals surface area (Å²) in [6.45, 7) is 0.660. The fourth-order valence-corrected chi connectivity index (χ4v) is 2.93. The molecular formula is C13H10Br2N4. The van der Waals surface area contributed by atoms with E-state index in [1.54, 1.807) is 6.20 Å². The van der Waals surface area contributed by atoms with E-state index in [0.717, 1.165) is 31.2 Å². The van der Waals surface area contributed by atoms with Crippen molar-refractivity contribution in [1.82, 2.24) is 15.2 Å². The fraction of sp³-hybridized carbons (Fsp3) is 0.0769. The Bertz CT molecular complexity index is 723. The second kappa shape index (κ2) is 5.30. The Morgan fingerprint density at radius 2 is 2.05 bits per heavy atom.